The summed E-state index contributed by atoms with van der Waals surface area (Å²) in [4.78, 5) is 24.9. The molecular weight excluding hydrogens is 360 g/mol. The summed E-state index contributed by atoms with van der Waals surface area (Å²) in [6.07, 6.45) is 10.1. The van der Waals surface area contributed by atoms with Gasteiger partial charge >= 0.3 is 0 Å². The molecule has 5 heteroatoms. The first-order valence-electron chi connectivity index (χ1n) is 11.5. The molecule has 0 saturated heterocycles. The number of aromatic nitrogens is 2. The second-order valence-electron chi connectivity index (χ2n) is 8.81. The predicted molar refractivity (Wildman–Crippen MR) is 118 cm³/mol. The van der Waals surface area contributed by atoms with Crippen LogP contribution >= 0.6 is 0 Å². The average molecular weight is 395 g/mol. The smallest absolute Gasteiger partial charge is 0.221 e. The molecule has 1 N–H and O–H groups in total. The predicted octanol–water partition coefficient (Wildman–Crippen LogP) is 4.95. The van der Waals surface area contributed by atoms with E-state index in [0.29, 0.717) is 18.4 Å². The Hall–Kier alpha value is -2.17. The number of amides is 1. The second kappa shape index (κ2) is 9.10. The van der Waals surface area contributed by atoms with Crippen molar-refractivity contribution in [1.82, 2.24) is 15.3 Å². The zero-order chi connectivity index (χ0) is 20.2. The third-order valence-electron chi connectivity index (χ3n) is 6.43. The summed E-state index contributed by atoms with van der Waals surface area (Å²) >= 11 is 0. The summed E-state index contributed by atoms with van der Waals surface area (Å²) in [7, 11) is 0. The Labute approximate surface area is 174 Å². The quantitative estimate of drug-likeness (QED) is 0.688. The summed E-state index contributed by atoms with van der Waals surface area (Å²) in [6.45, 7) is 4.89. The molecule has 4 rings (SSSR count). The Morgan fingerprint density at radius 1 is 1.14 bits per heavy atom. The Balaban J connectivity index is 1.64. The monoisotopic (exact) mass is 394 g/mol. The highest BCUT2D eigenvalue weighted by Gasteiger charge is 2.30. The standard InChI is InChI=1S/C24H34N4O/c1-3-17(2)25-22(29)15-16-28(19-9-5-4-6-10-19)24-20-11-7-8-12-21(20)26-23(27-24)18-13-14-18/h7-8,11-12,17-19H,3-6,9-10,13-16H2,1-2H3,(H,25,29). The summed E-state index contributed by atoms with van der Waals surface area (Å²) in [6, 6.07) is 9.05. The van der Waals surface area contributed by atoms with Gasteiger partial charge in [-0.2, -0.15) is 0 Å². The molecule has 0 aliphatic heterocycles. The number of hydrogen-bond acceptors (Lipinski definition) is 4. The Morgan fingerprint density at radius 2 is 1.90 bits per heavy atom. The first-order chi connectivity index (χ1) is 14.2. The highest BCUT2D eigenvalue weighted by atomic mass is 16.1. The summed E-state index contributed by atoms with van der Waals surface area (Å²) < 4.78 is 0. The van der Waals surface area contributed by atoms with E-state index in [4.69, 9.17) is 9.97 Å². The lowest BCUT2D eigenvalue weighted by Crippen LogP contribution is -2.41. The van der Waals surface area contributed by atoms with Crippen molar-refractivity contribution in [2.24, 2.45) is 0 Å². The molecule has 1 heterocycles. The molecule has 2 fully saturated rings. The SMILES string of the molecule is CCC(C)NC(=O)CCN(c1nc(C2CC2)nc2ccccc12)C1CCCCC1. The van der Waals surface area contributed by atoms with Gasteiger partial charge in [-0.05, 0) is 51.2 Å². The molecule has 1 aromatic heterocycles. The van der Waals surface area contributed by atoms with Crippen LogP contribution in [0.25, 0.3) is 10.9 Å². The van der Waals surface area contributed by atoms with Crippen LogP contribution in [0.3, 0.4) is 0 Å². The van der Waals surface area contributed by atoms with Crippen LogP contribution in [0.4, 0.5) is 5.82 Å². The molecule has 1 aromatic carbocycles. The third kappa shape index (κ3) is 4.88. The molecule has 1 unspecified atom stereocenters. The largest absolute Gasteiger partial charge is 0.354 e. The van der Waals surface area contributed by atoms with Crippen LogP contribution in [-0.4, -0.2) is 34.5 Å². The van der Waals surface area contributed by atoms with Gasteiger partial charge in [-0.3, -0.25) is 4.79 Å². The number of carbonyl (C=O) groups is 1. The molecule has 1 atom stereocenters. The molecule has 0 bridgehead atoms. The lowest BCUT2D eigenvalue weighted by Gasteiger charge is -2.36. The number of fused-ring (bicyclic) bond motifs is 1. The van der Waals surface area contributed by atoms with Crippen molar-refractivity contribution in [2.45, 2.75) is 89.6 Å². The summed E-state index contributed by atoms with van der Waals surface area (Å²) in [5, 5.41) is 4.23. The van der Waals surface area contributed by atoms with E-state index in [9.17, 15) is 4.79 Å². The fourth-order valence-corrected chi connectivity index (χ4v) is 4.35. The maximum absolute atomic E-state index is 12.5. The van der Waals surface area contributed by atoms with Crippen LogP contribution in [0.2, 0.25) is 0 Å². The lowest BCUT2D eigenvalue weighted by atomic mass is 9.93. The van der Waals surface area contributed by atoms with E-state index >= 15 is 0 Å². The minimum atomic E-state index is 0.140. The Bertz CT molecular complexity index is 842. The van der Waals surface area contributed by atoms with E-state index in [-0.39, 0.29) is 11.9 Å². The maximum atomic E-state index is 12.5. The van der Waals surface area contributed by atoms with Crippen LogP contribution in [0.1, 0.15) is 83.4 Å². The van der Waals surface area contributed by atoms with Gasteiger partial charge < -0.3 is 10.2 Å². The van der Waals surface area contributed by atoms with Gasteiger partial charge in [-0.15, -0.1) is 0 Å². The fourth-order valence-electron chi connectivity index (χ4n) is 4.35. The number of benzene rings is 1. The summed E-state index contributed by atoms with van der Waals surface area (Å²) in [5.74, 6) is 2.69. The average Bonchev–Trinajstić information content (AvgIpc) is 3.60. The molecule has 1 amide bonds. The van der Waals surface area contributed by atoms with Gasteiger partial charge in [0.15, 0.2) is 0 Å². The molecule has 0 spiro atoms. The van der Waals surface area contributed by atoms with Crippen LogP contribution in [0, 0.1) is 0 Å². The van der Waals surface area contributed by atoms with E-state index in [1.165, 1.54) is 44.9 Å². The highest BCUT2D eigenvalue weighted by molar-refractivity contribution is 5.90. The van der Waals surface area contributed by atoms with Gasteiger partial charge in [0.25, 0.3) is 0 Å². The van der Waals surface area contributed by atoms with Crippen LogP contribution in [0.5, 0.6) is 0 Å². The third-order valence-corrected chi connectivity index (χ3v) is 6.43. The minimum Gasteiger partial charge on any atom is -0.354 e. The van der Waals surface area contributed by atoms with Crippen molar-refractivity contribution in [2.75, 3.05) is 11.4 Å². The molecule has 2 saturated carbocycles. The van der Waals surface area contributed by atoms with Crippen LogP contribution in [-0.2, 0) is 4.79 Å². The van der Waals surface area contributed by atoms with E-state index in [2.05, 4.69) is 48.3 Å². The maximum Gasteiger partial charge on any atom is 0.221 e. The minimum absolute atomic E-state index is 0.140. The van der Waals surface area contributed by atoms with Gasteiger partial charge in [0.05, 0.1) is 5.52 Å². The van der Waals surface area contributed by atoms with Crippen molar-refractivity contribution < 1.29 is 4.79 Å². The molecule has 2 aliphatic carbocycles. The molecule has 5 nitrogen and oxygen atoms in total. The lowest BCUT2D eigenvalue weighted by molar-refractivity contribution is -0.121. The van der Waals surface area contributed by atoms with E-state index in [0.717, 1.165) is 35.5 Å². The number of hydrogen-bond donors (Lipinski definition) is 1. The zero-order valence-electron chi connectivity index (χ0n) is 17.9. The number of rotatable bonds is 8. The molecule has 2 aliphatic rings. The number of nitrogens with zero attached hydrogens (tertiary/aromatic N) is 3. The van der Waals surface area contributed by atoms with Crippen molar-refractivity contribution in [3.63, 3.8) is 0 Å². The first-order valence-corrected chi connectivity index (χ1v) is 11.5. The first kappa shape index (κ1) is 20.1. The van der Waals surface area contributed by atoms with Crippen molar-refractivity contribution in [1.29, 1.82) is 0 Å². The Morgan fingerprint density at radius 3 is 2.62 bits per heavy atom. The van der Waals surface area contributed by atoms with Gasteiger partial charge in [-0.1, -0.05) is 38.3 Å². The van der Waals surface area contributed by atoms with Gasteiger partial charge in [0.2, 0.25) is 5.91 Å². The summed E-state index contributed by atoms with van der Waals surface area (Å²) in [5.41, 5.74) is 1.03. The fraction of sp³-hybridized carbons (Fsp3) is 0.625. The molecule has 2 aromatic rings. The van der Waals surface area contributed by atoms with Crippen molar-refractivity contribution >= 4 is 22.6 Å². The molecule has 156 valence electrons. The highest BCUT2D eigenvalue weighted by Crippen LogP contribution is 2.40. The number of nitrogens with one attached hydrogen (secondary N) is 1. The topological polar surface area (TPSA) is 58.1 Å². The van der Waals surface area contributed by atoms with Gasteiger partial charge in [0, 0.05) is 36.4 Å². The Kier molecular flexibility index (Phi) is 6.31. The van der Waals surface area contributed by atoms with Crippen LogP contribution < -0.4 is 10.2 Å². The second-order valence-corrected chi connectivity index (χ2v) is 8.81. The number of anilines is 1. The van der Waals surface area contributed by atoms with Crippen molar-refractivity contribution in [3.05, 3.63) is 30.1 Å². The van der Waals surface area contributed by atoms with Gasteiger partial charge in [0.1, 0.15) is 11.6 Å². The number of para-hydroxylation sites is 1. The number of carbonyl (C=O) groups excluding carboxylic acids is 1. The van der Waals surface area contributed by atoms with Crippen LogP contribution in [0.15, 0.2) is 24.3 Å². The van der Waals surface area contributed by atoms with Crippen molar-refractivity contribution in [3.8, 4) is 0 Å². The normalized spacial score (nSPS) is 18.6. The molecule has 29 heavy (non-hydrogen) atoms. The van der Waals surface area contributed by atoms with E-state index < -0.39 is 0 Å². The van der Waals surface area contributed by atoms with E-state index in [1.807, 2.05) is 0 Å². The molecular formula is C24H34N4O. The zero-order valence-corrected chi connectivity index (χ0v) is 17.9. The van der Waals surface area contributed by atoms with Gasteiger partial charge in [-0.25, -0.2) is 9.97 Å². The molecule has 0 radical (unpaired) electrons. The van der Waals surface area contributed by atoms with E-state index in [1.54, 1.807) is 0 Å².